The van der Waals surface area contributed by atoms with Gasteiger partial charge in [0.15, 0.2) is 0 Å². The minimum absolute atomic E-state index is 0.398. The molecule has 16 heteroatoms. The standard InChI is InChI=1S/C75H48N6O10/c1-75(2)68-38-51(35-60(44-80)74(90)91)15-29-64(68)65-30-28-63(39-69(65)75)81(61-24-11-49(12-25-61)36-66(52-16-3-45(4-17-52)31-56(40-76)70(82)83)53-18-5-46(6-19-53)32-57(41-77)71(84)85)62-26-13-50(14-27-62)37-67(54-20-7-47(8-21-54)33-58(42-78)72(86)87)55-22-9-48(10-23-55)34-59(43-79)73(88)89/h3-39H,1-2H3,(H,82,83)(H,84,85)(H,86,87)(H,88,89)(H,90,91)/b56-31+,57-32+,58-33+,59-34+,60-35+. The molecule has 1 aliphatic carbocycles. The predicted octanol–water partition coefficient (Wildman–Crippen LogP) is 14.6. The van der Waals surface area contributed by atoms with E-state index < -0.39 is 63.1 Å². The molecule has 0 bridgehead atoms. The molecular formula is C75H48N6O10. The fraction of sp³-hybridized carbons (Fsp3) is 0.0400. The highest BCUT2D eigenvalue weighted by atomic mass is 16.4. The zero-order valence-corrected chi connectivity index (χ0v) is 48.3. The molecule has 1 aliphatic rings. The molecule has 0 aromatic heterocycles. The lowest BCUT2D eigenvalue weighted by atomic mass is 9.81. The first kappa shape index (κ1) is 62.1. The van der Waals surface area contributed by atoms with Crippen molar-refractivity contribution in [2.45, 2.75) is 19.3 Å². The Morgan fingerprint density at radius 3 is 0.835 bits per heavy atom. The number of fused-ring (bicyclic) bond motifs is 3. The topological polar surface area (TPSA) is 309 Å². The molecule has 0 heterocycles. The van der Waals surface area contributed by atoms with Crippen LogP contribution in [-0.2, 0) is 29.4 Å². The van der Waals surface area contributed by atoms with Crippen LogP contribution in [0.5, 0.6) is 0 Å². The SMILES string of the molecule is CC1(C)c2cc(/C=C(\C#N)C(=O)O)ccc2-c2ccc(N(c3ccc(C=C(c4ccc(/C=C(\C#N)C(=O)O)cc4)c4ccc(/C=C(\C#N)C(=O)O)cc4)cc3)c3ccc(C=C(c4ccc(/C=C(\C#N)C(=O)O)cc4)c4ccc(/C=C(\C#N)C(=O)O)cc4)cc3)cc21. The van der Waals surface area contributed by atoms with Gasteiger partial charge < -0.3 is 30.4 Å². The highest BCUT2D eigenvalue weighted by Crippen LogP contribution is 2.51. The molecule has 0 spiro atoms. The van der Waals surface area contributed by atoms with E-state index in [1.54, 1.807) is 133 Å². The number of carbonyl (C=O) groups is 5. The van der Waals surface area contributed by atoms with Crippen LogP contribution in [0.1, 0.15) is 86.2 Å². The smallest absolute Gasteiger partial charge is 0.346 e. The van der Waals surface area contributed by atoms with E-state index in [1.165, 1.54) is 30.4 Å². The summed E-state index contributed by atoms with van der Waals surface area (Å²) in [5.41, 5.74) is 11.7. The number of rotatable bonds is 19. The summed E-state index contributed by atoms with van der Waals surface area (Å²) < 4.78 is 0. The van der Waals surface area contributed by atoms with Gasteiger partial charge >= 0.3 is 29.8 Å². The average molecular weight is 1190 g/mol. The number of carboxylic acids is 5. The molecule has 9 rings (SSSR count). The van der Waals surface area contributed by atoms with Gasteiger partial charge in [0, 0.05) is 22.5 Å². The monoisotopic (exact) mass is 1190 g/mol. The Balaban J connectivity index is 1.16. The first-order valence-corrected chi connectivity index (χ1v) is 27.6. The molecule has 8 aromatic rings. The molecule has 91 heavy (non-hydrogen) atoms. The summed E-state index contributed by atoms with van der Waals surface area (Å²) in [6, 6.07) is 63.8. The van der Waals surface area contributed by atoms with Crippen LogP contribution >= 0.6 is 0 Å². The third-order valence-corrected chi connectivity index (χ3v) is 15.1. The number of carboxylic acid groups (broad SMARTS) is 5. The first-order valence-electron chi connectivity index (χ1n) is 27.6. The number of nitrogens with zero attached hydrogens (tertiary/aromatic N) is 6. The summed E-state index contributed by atoms with van der Waals surface area (Å²) in [6.45, 7) is 4.17. The lowest BCUT2D eigenvalue weighted by molar-refractivity contribution is -0.133. The number of nitriles is 5. The molecular weight excluding hydrogens is 1140 g/mol. The van der Waals surface area contributed by atoms with E-state index in [9.17, 15) is 75.8 Å². The molecule has 0 saturated heterocycles. The van der Waals surface area contributed by atoms with Gasteiger partial charge in [0.1, 0.15) is 58.2 Å². The van der Waals surface area contributed by atoms with Gasteiger partial charge in [-0.15, -0.1) is 0 Å². The summed E-state index contributed by atoms with van der Waals surface area (Å²) >= 11 is 0. The van der Waals surface area contributed by atoms with Crippen LogP contribution in [0.3, 0.4) is 0 Å². The number of anilines is 3. The van der Waals surface area contributed by atoms with E-state index in [4.69, 9.17) is 0 Å². The normalized spacial score (nSPS) is 12.4. The van der Waals surface area contributed by atoms with Crippen LogP contribution in [0.2, 0.25) is 0 Å². The van der Waals surface area contributed by atoms with Gasteiger partial charge in [-0.3, -0.25) is 0 Å². The van der Waals surface area contributed by atoms with Crippen molar-refractivity contribution in [2.24, 2.45) is 0 Å². The van der Waals surface area contributed by atoms with Crippen LogP contribution < -0.4 is 4.90 Å². The highest BCUT2D eigenvalue weighted by Gasteiger charge is 2.36. The van der Waals surface area contributed by atoms with Crippen molar-refractivity contribution < 1.29 is 49.5 Å². The molecule has 16 nitrogen and oxygen atoms in total. The Hall–Kier alpha value is -13.5. The Morgan fingerprint density at radius 2 is 0.549 bits per heavy atom. The predicted molar refractivity (Wildman–Crippen MR) is 345 cm³/mol. The second-order valence-electron chi connectivity index (χ2n) is 21.2. The zero-order valence-electron chi connectivity index (χ0n) is 48.3. The van der Waals surface area contributed by atoms with Gasteiger partial charge in [-0.05, 0) is 174 Å². The second-order valence-corrected chi connectivity index (χ2v) is 21.2. The van der Waals surface area contributed by atoms with Crippen LogP contribution in [0, 0.1) is 56.7 Å². The average Bonchev–Trinajstić information content (AvgIpc) is 1.59. The van der Waals surface area contributed by atoms with Crippen molar-refractivity contribution in [3.8, 4) is 41.5 Å². The Kier molecular flexibility index (Phi) is 18.3. The van der Waals surface area contributed by atoms with E-state index in [2.05, 4.69) is 24.8 Å². The van der Waals surface area contributed by atoms with E-state index in [0.29, 0.717) is 27.8 Å². The Labute approximate surface area is 521 Å². The van der Waals surface area contributed by atoms with Crippen molar-refractivity contribution in [2.75, 3.05) is 4.90 Å². The molecule has 0 fully saturated rings. The number of hydrogen-bond donors (Lipinski definition) is 5. The van der Waals surface area contributed by atoms with Crippen LogP contribution in [0.25, 0.3) is 64.8 Å². The van der Waals surface area contributed by atoms with Gasteiger partial charge in [0.25, 0.3) is 0 Å². The van der Waals surface area contributed by atoms with E-state index in [1.807, 2.05) is 84.9 Å². The highest BCUT2D eigenvalue weighted by molar-refractivity contribution is 6.01. The number of hydrogen-bond acceptors (Lipinski definition) is 11. The summed E-state index contributed by atoms with van der Waals surface area (Å²) in [4.78, 5) is 60.6. The van der Waals surface area contributed by atoms with Gasteiger partial charge in [0.2, 0.25) is 0 Å². The molecule has 0 unspecified atom stereocenters. The van der Waals surface area contributed by atoms with E-state index >= 15 is 0 Å². The zero-order chi connectivity index (χ0) is 65.1. The molecule has 0 aliphatic heterocycles. The van der Waals surface area contributed by atoms with Crippen molar-refractivity contribution in [3.63, 3.8) is 0 Å². The summed E-state index contributed by atoms with van der Waals surface area (Å²) in [6.07, 6.45) is 10.3. The summed E-state index contributed by atoms with van der Waals surface area (Å²) in [5, 5.41) is 94.9. The Morgan fingerprint density at radius 1 is 0.319 bits per heavy atom. The van der Waals surface area contributed by atoms with Gasteiger partial charge in [-0.25, -0.2) is 24.0 Å². The van der Waals surface area contributed by atoms with Crippen molar-refractivity contribution in [3.05, 3.63) is 282 Å². The Bertz CT molecular complexity index is 4360. The summed E-state index contributed by atoms with van der Waals surface area (Å²) in [7, 11) is 0. The van der Waals surface area contributed by atoms with E-state index in [-0.39, 0.29) is 0 Å². The minimum atomic E-state index is -1.37. The molecule has 0 atom stereocenters. The third kappa shape index (κ3) is 14.0. The van der Waals surface area contributed by atoms with Gasteiger partial charge in [-0.1, -0.05) is 159 Å². The fourth-order valence-electron chi connectivity index (χ4n) is 10.4. The maximum Gasteiger partial charge on any atom is 0.346 e. The van der Waals surface area contributed by atoms with Crippen LogP contribution in [-0.4, -0.2) is 55.4 Å². The maximum absolute atomic E-state index is 11.8. The van der Waals surface area contributed by atoms with E-state index in [0.717, 1.165) is 83.8 Å². The van der Waals surface area contributed by atoms with Crippen molar-refractivity contribution in [1.29, 1.82) is 26.3 Å². The summed E-state index contributed by atoms with van der Waals surface area (Å²) in [5.74, 6) is -6.79. The van der Waals surface area contributed by atoms with Crippen LogP contribution in [0.4, 0.5) is 17.1 Å². The van der Waals surface area contributed by atoms with Gasteiger partial charge in [0.05, 0.1) is 0 Å². The van der Waals surface area contributed by atoms with Crippen LogP contribution in [0.15, 0.2) is 210 Å². The molecule has 8 aromatic carbocycles. The van der Waals surface area contributed by atoms with Crippen molar-refractivity contribution >= 4 is 101 Å². The third-order valence-electron chi connectivity index (χ3n) is 15.1. The first-order chi connectivity index (χ1) is 43.7. The molecule has 0 radical (unpaired) electrons. The second kappa shape index (κ2) is 26.9. The molecule has 5 N–H and O–H groups in total. The van der Waals surface area contributed by atoms with Gasteiger partial charge in [-0.2, -0.15) is 26.3 Å². The maximum atomic E-state index is 11.8. The quantitative estimate of drug-likeness (QED) is 0.0285. The lowest BCUT2D eigenvalue weighted by Crippen LogP contribution is -2.16. The fourth-order valence-corrected chi connectivity index (χ4v) is 10.4. The molecule has 438 valence electrons. The lowest BCUT2D eigenvalue weighted by Gasteiger charge is -2.28. The minimum Gasteiger partial charge on any atom is -0.477 e. The largest absolute Gasteiger partial charge is 0.477 e. The number of benzene rings is 8. The molecule has 0 saturated carbocycles. The van der Waals surface area contributed by atoms with Crippen molar-refractivity contribution in [1.82, 2.24) is 0 Å². The molecule has 0 amide bonds. The number of aliphatic carboxylic acids is 5.